The van der Waals surface area contributed by atoms with Crippen LogP contribution in [0, 0.1) is 18.8 Å². The van der Waals surface area contributed by atoms with E-state index in [1.807, 2.05) is 19.1 Å². The maximum atomic E-state index is 13.1. The number of imidazole rings is 1. The summed E-state index contributed by atoms with van der Waals surface area (Å²) in [5.41, 5.74) is 1.31. The van der Waals surface area contributed by atoms with Crippen molar-refractivity contribution >= 4 is 23.8 Å². The van der Waals surface area contributed by atoms with E-state index in [1.165, 1.54) is 18.3 Å². The zero-order chi connectivity index (χ0) is 33.6. The Morgan fingerprint density at radius 3 is 2.49 bits per heavy atom. The predicted octanol–water partition coefficient (Wildman–Crippen LogP) is 6.13. The third-order valence-electron chi connectivity index (χ3n) is 8.31. The van der Waals surface area contributed by atoms with Gasteiger partial charge in [-0.25, -0.2) is 28.5 Å². The lowest BCUT2D eigenvalue weighted by Gasteiger charge is -2.37. The molecule has 2 N–H and O–H groups in total. The van der Waals surface area contributed by atoms with E-state index in [9.17, 15) is 23.5 Å². The largest absolute Gasteiger partial charge is 0.511 e. The van der Waals surface area contributed by atoms with E-state index in [4.69, 9.17) is 14.2 Å². The molecule has 1 atom stereocenters. The molecule has 1 fully saturated rings. The first-order valence-corrected chi connectivity index (χ1v) is 15.1. The van der Waals surface area contributed by atoms with Crippen molar-refractivity contribution < 1.29 is 37.7 Å². The van der Waals surface area contributed by atoms with Crippen LogP contribution < -0.4 is 5.32 Å². The smallest absolute Gasteiger partial charge is 0.427 e. The number of nitrogens with zero attached hydrogens (tertiary/aromatic N) is 5. The fourth-order valence-corrected chi connectivity index (χ4v) is 5.56. The van der Waals surface area contributed by atoms with Crippen LogP contribution in [0.25, 0.3) is 11.3 Å². The summed E-state index contributed by atoms with van der Waals surface area (Å²) in [4.78, 5) is 41.7. The molecular weight excluding hydrogens is 614 g/mol. The number of ether oxygens (including phenoxy) is 3. The Bertz CT molecular complexity index is 1690. The molecule has 1 aliphatic carbocycles. The highest BCUT2D eigenvalue weighted by atomic mass is 19.3. The molecule has 0 unspecified atom stereocenters. The summed E-state index contributed by atoms with van der Waals surface area (Å²) in [6.45, 7) is 2.99. The molecule has 47 heavy (non-hydrogen) atoms. The minimum Gasteiger partial charge on any atom is -0.427 e. The molecule has 0 bridgehead atoms. The minimum absolute atomic E-state index is 0.0698. The van der Waals surface area contributed by atoms with Crippen molar-refractivity contribution in [3.8, 4) is 11.3 Å². The van der Waals surface area contributed by atoms with Crippen molar-refractivity contribution in [2.75, 3.05) is 12.1 Å². The number of anilines is 2. The normalized spacial score (nSPS) is 17.5. The lowest BCUT2D eigenvalue weighted by molar-refractivity contribution is -0.160. The second-order valence-corrected chi connectivity index (χ2v) is 11.7. The maximum Gasteiger partial charge on any atom is 0.511 e. The highest BCUT2D eigenvalue weighted by Gasteiger charge is 2.39. The topological polar surface area (TPSA) is 151 Å². The van der Waals surface area contributed by atoms with Crippen LogP contribution in [0.3, 0.4) is 0 Å². The number of hydrogen-bond acceptors (Lipinski definition) is 11. The minimum atomic E-state index is -2.61. The average molecular weight is 651 g/mol. The van der Waals surface area contributed by atoms with Gasteiger partial charge in [0.15, 0.2) is 6.61 Å². The summed E-state index contributed by atoms with van der Waals surface area (Å²) in [5.74, 6) is 0.238. The molecule has 12 nitrogen and oxygen atoms in total. The van der Waals surface area contributed by atoms with Crippen LogP contribution >= 0.6 is 0 Å². The zero-order valence-electron chi connectivity index (χ0n) is 26.2. The fraction of sp³-hybridized carbons (Fsp3) is 0.394. The lowest BCUT2D eigenvalue weighted by atomic mass is 9.73. The third-order valence-corrected chi connectivity index (χ3v) is 8.31. The molecule has 0 radical (unpaired) electrons. The lowest BCUT2D eigenvalue weighted by Crippen LogP contribution is -2.37. The van der Waals surface area contributed by atoms with E-state index in [-0.39, 0.29) is 29.8 Å². The van der Waals surface area contributed by atoms with E-state index in [0.29, 0.717) is 54.3 Å². The van der Waals surface area contributed by atoms with Crippen LogP contribution in [0.1, 0.15) is 61.7 Å². The van der Waals surface area contributed by atoms with Gasteiger partial charge in [-0.2, -0.15) is 0 Å². The van der Waals surface area contributed by atoms with Crippen molar-refractivity contribution in [3.05, 3.63) is 83.8 Å². The van der Waals surface area contributed by atoms with E-state index in [1.54, 1.807) is 49.3 Å². The van der Waals surface area contributed by atoms with Gasteiger partial charge in [0.05, 0.1) is 17.3 Å². The van der Waals surface area contributed by atoms with Gasteiger partial charge in [0, 0.05) is 43.0 Å². The van der Waals surface area contributed by atoms with Crippen molar-refractivity contribution in [2.45, 2.75) is 58.2 Å². The second-order valence-electron chi connectivity index (χ2n) is 11.7. The van der Waals surface area contributed by atoms with Gasteiger partial charge in [-0.15, -0.1) is 0 Å². The van der Waals surface area contributed by atoms with Gasteiger partial charge in [0.2, 0.25) is 6.79 Å². The molecule has 1 aliphatic rings. The Labute approximate surface area is 270 Å². The number of aryl methyl sites for hydroxylation is 2. The standard InChI is InChI=1S/C33H36F2N6O6/c1-20-14-25(39-28(15-20)40-27-16-22(30(34)35)10-11-36-27)23-6-9-26(38-17-23)33(2,44)24-7-4-21(5-8-24)31(42)46-19-47-32(43)45-18-29-37-12-13-41(29)3/h6,9-17,21,24,30,44H,4-5,7-8,18-19H2,1-3H3,(H,36,39,40)/t21-,24-,33-/m1/s1. The summed E-state index contributed by atoms with van der Waals surface area (Å²) >= 11 is 0. The Morgan fingerprint density at radius 1 is 1.02 bits per heavy atom. The van der Waals surface area contributed by atoms with Crippen LogP contribution in [-0.4, -0.2) is 48.5 Å². The molecule has 248 valence electrons. The van der Waals surface area contributed by atoms with E-state index >= 15 is 0 Å². The number of nitrogens with one attached hydrogen (secondary N) is 1. The molecule has 0 saturated heterocycles. The molecule has 0 amide bonds. The molecule has 14 heteroatoms. The molecular formula is C33H36F2N6O6. The van der Waals surface area contributed by atoms with Crippen molar-refractivity contribution in [1.29, 1.82) is 0 Å². The third kappa shape index (κ3) is 8.44. The van der Waals surface area contributed by atoms with Gasteiger partial charge in [0.1, 0.15) is 23.1 Å². The number of hydrogen-bond donors (Lipinski definition) is 2. The number of carbonyl (C=O) groups excluding carboxylic acids is 2. The molecule has 5 rings (SSSR count). The Kier molecular flexibility index (Phi) is 10.4. The van der Waals surface area contributed by atoms with Crippen molar-refractivity contribution in [3.63, 3.8) is 0 Å². The number of esters is 1. The van der Waals surface area contributed by atoms with E-state index < -0.39 is 30.9 Å². The molecule has 0 aliphatic heterocycles. The molecule has 4 aromatic rings. The zero-order valence-corrected chi connectivity index (χ0v) is 26.2. The summed E-state index contributed by atoms with van der Waals surface area (Å²) < 4.78 is 42.9. The fourth-order valence-electron chi connectivity index (χ4n) is 5.56. The number of pyridine rings is 3. The summed E-state index contributed by atoms with van der Waals surface area (Å²) in [6.07, 6.45) is 4.80. The number of aromatic nitrogens is 5. The molecule has 4 aromatic heterocycles. The SMILES string of the molecule is Cc1cc(Nc2cc(C(F)F)ccn2)nc(-c2ccc([C@](C)(O)[C@H]3CC[C@H](C(=O)OCOC(=O)OCc4nccn4C)CC3)nc2)c1. The molecule has 1 saturated carbocycles. The van der Waals surface area contributed by atoms with Crippen LogP contribution in [0.5, 0.6) is 0 Å². The van der Waals surface area contributed by atoms with Crippen molar-refractivity contribution in [1.82, 2.24) is 24.5 Å². The number of aliphatic hydroxyl groups is 1. The Balaban J connectivity index is 1.12. The second kappa shape index (κ2) is 14.6. The molecule has 4 heterocycles. The highest BCUT2D eigenvalue weighted by Crippen LogP contribution is 2.41. The van der Waals surface area contributed by atoms with Gasteiger partial charge in [-0.3, -0.25) is 9.78 Å². The van der Waals surface area contributed by atoms with E-state index in [2.05, 4.69) is 25.3 Å². The number of halogens is 2. The Morgan fingerprint density at radius 2 is 1.81 bits per heavy atom. The number of alkyl halides is 2. The summed E-state index contributed by atoms with van der Waals surface area (Å²) in [7, 11) is 1.77. The van der Waals surface area contributed by atoms with Crippen LogP contribution in [-0.2, 0) is 38.3 Å². The van der Waals surface area contributed by atoms with E-state index in [0.717, 1.165) is 5.56 Å². The number of rotatable bonds is 11. The Hall–Kier alpha value is -4.98. The van der Waals surface area contributed by atoms with Gasteiger partial charge in [0.25, 0.3) is 6.43 Å². The van der Waals surface area contributed by atoms with Crippen LogP contribution in [0.15, 0.2) is 61.2 Å². The van der Waals surface area contributed by atoms with Gasteiger partial charge in [-0.1, -0.05) is 0 Å². The first-order valence-electron chi connectivity index (χ1n) is 15.1. The average Bonchev–Trinajstić information content (AvgIpc) is 3.48. The highest BCUT2D eigenvalue weighted by molar-refractivity contribution is 5.72. The van der Waals surface area contributed by atoms with Crippen LogP contribution in [0.4, 0.5) is 25.2 Å². The molecule has 0 spiro atoms. The van der Waals surface area contributed by atoms with Gasteiger partial charge in [-0.05, 0) is 87.4 Å². The maximum absolute atomic E-state index is 13.1. The quantitative estimate of drug-likeness (QED) is 0.143. The van der Waals surface area contributed by atoms with Gasteiger partial charge >= 0.3 is 12.1 Å². The summed E-state index contributed by atoms with van der Waals surface area (Å²) in [5, 5.41) is 14.5. The first-order chi connectivity index (χ1) is 22.5. The van der Waals surface area contributed by atoms with Gasteiger partial charge < -0.3 is 29.2 Å². The molecule has 0 aromatic carbocycles. The monoisotopic (exact) mass is 650 g/mol. The number of carbonyl (C=O) groups is 2. The summed E-state index contributed by atoms with van der Waals surface area (Å²) in [6, 6.07) is 9.78. The van der Waals surface area contributed by atoms with Crippen molar-refractivity contribution in [2.24, 2.45) is 18.9 Å². The first kappa shape index (κ1) is 33.4. The van der Waals surface area contributed by atoms with Crippen LogP contribution in [0.2, 0.25) is 0 Å². The predicted molar refractivity (Wildman–Crippen MR) is 165 cm³/mol.